The summed E-state index contributed by atoms with van der Waals surface area (Å²) >= 11 is -0.653. The molecule has 0 saturated heterocycles. The first-order valence-corrected chi connectivity index (χ1v) is 10.9. The molecule has 0 radical (unpaired) electrons. The Balaban J connectivity index is 2.79. The molecule has 0 N–H and O–H groups in total. The van der Waals surface area contributed by atoms with Crippen molar-refractivity contribution in [2.24, 2.45) is 0 Å². The Hall–Kier alpha value is 0.239. The van der Waals surface area contributed by atoms with Crippen LogP contribution in [0.5, 0.6) is 0 Å². The molecule has 0 aliphatic heterocycles. The van der Waals surface area contributed by atoms with Crippen LogP contribution < -0.4 is 0 Å². The van der Waals surface area contributed by atoms with E-state index in [1.807, 2.05) is 0 Å². The van der Waals surface area contributed by atoms with Crippen LogP contribution in [0.1, 0.15) is 0 Å². The van der Waals surface area contributed by atoms with Gasteiger partial charge in [-0.15, -0.1) is 0 Å². The molecule has 9 heavy (non-hydrogen) atoms. The Labute approximate surface area is 70.2 Å². The monoisotopic (exact) mass is 326 g/mol. The Bertz CT molecular complexity index is 126. The number of nitriles is 2. The summed E-state index contributed by atoms with van der Waals surface area (Å²) in [7, 11) is 1.21. The molecule has 0 spiro atoms. The van der Waals surface area contributed by atoms with E-state index in [-0.39, 0.29) is 10.7 Å². The summed E-state index contributed by atoms with van der Waals surface area (Å²) in [5.41, 5.74) is 0. The van der Waals surface area contributed by atoms with Crippen molar-refractivity contribution in [1.29, 1.82) is 10.5 Å². The van der Waals surface area contributed by atoms with Crippen LogP contribution in [0.4, 0.5) is 0 Å². The molecule has 0 aromatic heterocycles. The van der Waals surface area contributed by atoms with E-state index in [0.717, 1.165) is 10.5 Å². The minimum absolute atomic E-state index is 0.135. The van der Waals surface area contributed by atoms with Gasteiger partial charge in [0.2, 0.25) is 0 Å². The standard InChI is InChI=1S/C2N2O2SSeTe/c3-1-5-7-8-9-6-2-4. The van der Waals surface area contributed by atoms with Gasteiger partial charge in [0.1, 0.15) is 0 Å². The Kier molecular flexibility index (Phi) is 8.46. The molecule has 0 unspecified atom stereocenters. The van der Waals surface area contributed by atoms with Gasteiger partial charge in [-0.25, -0.2) is 0 Å². The van der Waals surface area contributed by atoms with Crippen LogP contribution in [0.3, 0.4) is 0 Å². The molecule has 0 aromatic carbocycles. The van der Waals surface area contributed by atoms with Gasteiger partial charge in [0.05, 0.1) is 0 Å². The van der Waals surface area contributed by atoms with Gasteiger partial charge in [-0.2, -0.15) is 0 Å². The second kappa shape index (κ2) is 8.24. The Morgan fingerprint density at radius 3 is 2.78 bits per heavy atom. The van der Waals surface area contributed by atoms with Gasteiger partial charge >= 0.3 is 70.5 Å². The van der Waals surface area contributed by atoms with Crippen LogP contribution in [0.15, 0.2) is 0 Å². The maximum atomic E-state index is 7.88. The average Bonchev–Trinajstić information content (AvgIpc) is 1.89. The molecule has 0 bridgehead atoms. The molecule has 0 saturated carbocycles. The Morgan fingerprint density at radius 2 is 2.22 bits per heavy atom. The van der Waals surface area contributed by atoms with E-state index in [9.17, 15) is 0 Å². The van der Waals surface area contributed by atoms with Crippen LogP contribution in [-0.4, -0.2) is 29.8 Å². The number of nitrogens with zero attached hydrogens (tertiary/aromatic N) is 2. The normalized spacial score (nSPS) is 6.89. The Morgan fingerprint density at radius 1 is 1.44 bits per heavy atom. The maximum absolute atomic E-state index is 7.88. The van der Waals surface area contributed by atoms with Crippen molar-refractivity contribution in [3.63, 3.8) is 0 Å². The second-order valence-electron chi connectivity index (χ2n) is 0.553. The molecule has 0 aromatic rings. The van der Waals surface area contributed by atoms with Crippen molar-refractivity contribution in [2.75, 3.05) is 0 Å². The van der Waals surface area contributed by atoms with Crippen LogP contribution >= 0.6 is 10.5 Å². The molecule has 0 aliphatic rings. The molecule has 0 atom stereocenters. The van der Waals surface area contributed by atoms with E-state index in [1.165, 1.54) is 6.26 Å². The summed E-state index contributed by atoms with van der Waals surface area (Å²) < 4.78 is 8.71. The first-order valence-electron chi connectivity index (χ1n) is 1.52. The van der Waals surface area contributed by atoms with E-state index >= 15 is 0 Å². The number of hydrogen-bond acceptors (Lipinski definition) is 5. The summed E-state index contributed by atoms with van der Waals surface area (Å²) in [4.78, 5) is 0. The predicted octanol–water partition coefficient (Wildman–Crippen LogP) is -0.217. The van der Waals surface area contributed by atoms with E-state index in [4.69, 9.17) is 10.5 Å². The van der Waals surface area contributed by atoms with Crippen LogP contribution in [-0.2, 0) is 7.28 Å². The molecule has 0 rings (SSSR count). The van der Waals surface area contributed by atoms with Crippen LogP contribution in [0.25, 0.3) is 0 Å². The van der Waals surface area contributed by atoms with Crippen molar-refractivity contribution < 1.29 is 7.28 Å². The zero-order valence-electron chi connectivity index (χ0n) is 3.94. The topological polar surface area (TPSA) is 66.0 Å². The molecule has 4 nitrogen and oxygen atoms in total. The molecular formula is C2N2O2SSeTe. The summed E-state index contributed by atoms with van der Waals surface area (Å²) in [6.45, 7) is 0. The van der Waals surface area contributed by atoms with E-state index < -0.39 is 19.1 Å². The first kappa shape index (κ1) is 9.24. The third-order valence-electron chi connectivity index (χ3n) is 0.198. The van der Waals surface area contributed by atoms with E-state index in [2.05, 4.69) is 7.28 Å². The fourth-order valence-electron chi connectivity index (χ4n) is 0.0695. The second-order valence-corrected chi connectivity index (χ2v) is 11.5. The number of rotatable bonds is 4. The SMILES string of the molecule is N#COS[Se][Te]OC#N. The summed E-state index contributed by atoms with van der Waals surface area (Å²) in [6.07, 6.45) is 3.07. The summed E-state index contributed by atoms with van der Waals surface area (Å²) in [5.74, 6) is 0. The van der Waals surface area contributed by atoms with Crippen LogP contribution in [0.2, 0.25) is 0 Å². The van der Waals surface area contributed by atoms with Gasteiger partial charge in [-0.3, -0.25) is 0 Å². The average molecular weight is 323 g/mol. The molecule has 0 fully saturated rings. The third kappa shape index (κ3) is 8.24. The van der Waals surface area contributed by atoms with Gasteiger partial charge in [0.15, 0.2) is 0 Å². The van der Waals surface area contributed by atoms with Crippen LogP contribution in [0, 0.1) is 23.0 Å². The van der Waals surface area contributed by atoms with E-state index in [1.54, 1.807) is 6.26 Å². The molecule has 0 amide bonds. The van der Waals surface area contributed by atoms with Crippen molar-refractivity contribution in [3.8, 4) is 12.5 Å². The van der Waals surface area contributed by atoms with Gasteiger partial charge in [0.25, 0.3) is 0 Å². The van der Waals surface area contributed by atoms with Gasteiger partial charge in [-0.05, 0) is 0 Å². The summed E-state index contributed by atoms with van der Waals surface area (Å²) in [6, 6.07) is 0. The molecule has 7 heteroatoms. The fraction of sp³-hybridized carbons (Fsp3) is 0. The quantitative estimate of drug-likeness (QED) is 0.310. The van der Waals surface area contributed by atoms with Gasteiger partial charge < -0.3 is 0 Å². The van der Waals surface area contributed by atoms with Gasteiger partial charge in [-0.1, -0.05) is 0 Å². The molecular weight excluding hydrogens is 323 g/mol. The zero-order valence-corrected chi connectivity index (χ0v) is 8.80. The predicted molar refractivity (Wildman–Crippen MR) is 32.5 cm³/mol. The number of hydrogen-bond donors (Lipinski definition) is 0. The summed E-state index contributed by atoms with van der Waals surface area (Å²) in [5, 5.41) is 15.7. The van der Waals surface area contributed by atoms with Crippen molar-refractivity contribution in [1.82, 2.24) is 0 Å². The van der Waals surface area contributed by atoms with Crippen molar-refractivity contribution >= 4 is 40.2 Å². The van der Waals surface area contributed by atoms with Gasteiger partial charge in [0, 0.05) is 0 Å². The molecule has 0 aliphatic carbocycles. The van der Waals surface area contributed by atoms with E-state index in [0.29, 0.717) is 0 Å². The zero-order chi connectivity index (χ0) is 6.95. The minimum atomic E-state index is -0.653. The first-order chi connectivity index (χ1) is 4.41. The fourth-order valence-corrected chi connectivity index (χ4v) is 4.86. The van der Waals surface area contributed by atoms with Crippen molar-refractivity contribution in [3.05, 3.63) is 0 Å². The third-order valence-corrected chi connectivity index (χ3v) is 7.89. The molecule has 0 heterocycles. The van der Waals surface area contributed by atoms with Crippen molar-refractivity contribution in [2.45, 2.75) is 0 Å². The molecule has 48 valence electrons.